The number of hydrogen-bond acceptors (Lipinski definition) is 8. The molecule has 172 valence electrons. The van der Waals surface area contributed by atoms with Crippen LogP contribution in [-0.4, -0.2) is 23.6 Å². The molecule has 0 bridgehead atoms. The van der Waals surface area contributed by atoms with Crippen molar-refractivity contribution in [2.75, 3.05) is 4.72 Å². The standard InChI is InChI=1S/C21H12F3N5O3S2/c22-21(23,24)15-1-3-19(17(8-15)13-5-6-27-28-10-13)32-18-4-2-16(7-14(18)9-25)34(30,31)29-20-11-33-12-26-20/h1-8,10-12,29H. The van der Waals surface area contributed by atoms with Crippen molar-refractivity contribution < 1.29 is 26.3 Å². The van der Waals surface area contributed by atoms with Gasteiger partial charge in [0.25, 0.3) is 10.0 Å². The molecule has 2 aromatic carbocycles. The number of benzene rings is 2. The molecule has 8 nitrogen and oxygen atoms in total. The van der Waals surface area contributed by atoms with Crippen LogP contribution < -0.4 is 9.46 Å². The lowest BCUT2D eigenvalue weighted by Gasteiger charge is -2.15. The lowest BCUT2D eigenvalue weighted by atomic mass is 10.0. The summed E-state index contributed by atoms with van der Waals surface area (Å²) in [5.41, 5.74) is 0.786. The van der Waals surface area contributed by atoms with Crippen LogP contribution in [0.25, 0.3) is 11.1 Å². The Labute approximate surface area is 195 Å². The summed E-state index contributed by atoms with van der Waals surface area (Å²) < 4.78 is 73.1. The molecular weight excluding hydrogens is 491 g/mol. The highest BCUT2D eigenvalue weighted by Crippen LogP contribution is 2.39. The summed E-state index contributed by atoms with van der Waals surface area (Å²) in [5, 5.41) is 18.4. The van der Waals surface area contributed by atoms with Crippen LogP contribution in [-0.2, 0) is 16.2 Å². The zero-order valence-corrected chi connectivity index (χ0v) is 18.4. The Bertz CT molecular complexity index is 1470. The molecule has 0 saturated heterocycles. The minimum absolute atomic E-state index is 0.00806. The van der Waals surface area contributed by atoms with E-state index >= 15 is 0 Å². The molecule has 0 aliphatic rings. The summed E-state index contributed by atoms with van der Waals surface area (Å²) in [6.07, 6.45) is -2.01. The van der Waals surface area contributed by atoms with Crippen LogP contribution in [0.15, 0.2) is 70.6 Å². The van der Waals surface area contributed by atoms with Gasteiger partial charge >= 0.3 is 6.18 Å². The smallest absolute Gasteiger partial charge is 0.416 e. The number of hydrogen-bond donors (Lipinski definition) is 1. The molecule has 0 aliphatic carbocycles. The van der Waals surface area contributed by atoms with E-state index in [1.807, 2.05) is 6.07 Å². The highest BCUT2D eigenvalue weighted by Gasteiger charge is 2.31. The first-order chi connectivity index (χ1) is 16.2. The van der Waals surface area contributed by atoms with Crippen LogP contribution in [0.1, 0.15) is 11.1 Å². The van der Waals surface area contributed by atoms with Crippen LogP contribution in [0.3, 0.4) is 0 Å². The molecule has 2 aromatic heterocycles. The van der Waals surface area contributed by atoms with Crippen molar-refractivity contribution in [3.63, 3.8) is 0 Å². The Morgan fingerprint density at radius 3 is 2.50 bits per heavy atom. The predicted molar refractivity (Wildman–Crippen MR) is 117 cm³/mol. The van der Waals surface area contributed by atoms with Gasteiger partial charge in [0.05, 0.1) is 33.9 Å². The Morgan fingerprint density at radius 2 is 1.85 bits per heavy atom. The number of nitrogens with zero attached hydrogens (tertiary/aromatic N) is 4. The molecule has 4 rings (SSSR count). The summed E-state index contributed by atoms with van der Waals surface area (Å²) >= 11 is 1.20. The van der Waals surface area contributed by atoms with E-state index in [1.165, 1.54) is 52.8 Å². The quantitative estimate of drug-likeness (QED) is 0.390. The van der Waals surface area contributed by atoms with Crippen LogP contribution in [0, 0.1) is 11.3 Å². The van der Waals surface area contributed by atoms with Gasteiger partial charge in [-0.3, -0.25) is 4.72 Å². The van der Waals surface area contributed by atoms with Crippen molar-refractivity contribution in [3.05, 3.63) is 76.9 Å². The van der Waals surface area contributed by atoms with Crippen molar-refractivity contribution in [3.8, 4) is 28.7 Å². The van der Waals surface area contributed by atoms with E-state index in [0.717, 1.165) is 24.3 Å². The second-order valence-electron chi connectivity index (χ2n) is 6.69. The maximum absolute atomic E-state index is 13.3. The number of ether oxygens (including phenoxy) is 1. The average molecular weight is 503 g/mol. The Hall–Kier alpha value is -4.02. The zero-order valence-electron chi connectivity index (χ0n) is 16.8. The van der Waals surface area contributed by atoms with Crippen molar-refractivity contribution in [2.45, 2.75) is 11.1 Å². The Balaban J connectivity index is 1.72. The number of aromatic nitrogens is 3. The lowest BCUT2D eigenvalue weighted by molar-refractivity contribution is -0.137. The van der Waals surface area contributed by atoms with Gasteiger partial charge in [0.15, 0.2) is 5.82 Å². The van der Waals surface area contributed by atoms with Crippen LogP contribution in [0.5, 0.6) is 11.5 Å². The molecule has 0 unspecified atom stereocenters. The summed E-state index contributed by atoms with van der Waals surface area (Å²) in [7, 11) is -4.03. The van der Waals surface area contributed by atoms with Gasteiger partial charge in [-0.15, -0.1) is 11.3 Å². The molecule has 13 heteroatoms. The number of nitrogens with one attached hydrogen (secondary N) is 1. The molecule has 0 fully saturated rings. The van der Waals surface area contributed by atoms with E-state index in [1.54, 1.807) is 0 Å². The van der Waals surface area contributed by atoms with Crippen molar-refractivity contribution >= 4 is 27.2 Å². The van der Waals surface area contributed by atoms with Gasteiger partial charge in [-0.2, -0.15) is 28.6 Å². The lowest BCUT2D eigenvalue weighted by Crippen LogP contribution is -2.13. The molecule has 1 N–H and O–H groups in total. The first-order valence-electron chi connectivity index (χ1n) is 9.29. The fraction of sp³-hybridized carbons (Fsp3) is 0.0476. The third-order valence-electron chi connectivity index (χ3n) is 4.48. The summed E-state index contributed by atoms with van der Waals surface area (Å²) in [5.74, 6) is 0.0935. The molecule has 0 atom stereocenters. The highest BCUT2D eigenvalue weighted by molar-refractivity contribution is 7.92. The van der Waals surface area contributed by atoms with Gasteiger partial charge in [0.1, 0.15) is 17.6 Å². The van der Waals surface area contributed by atoms with Crippen LogP contribution in [0.2, 0.25) is 0 Å². The van der Waals surface area contributed by atoms with Gasteiger partial charge in [-0.25, -0.2) is 13.4 Å². The molecule has 34 heavy (non-hydrogen) atoms. The van der Waals surface area contributed by atoms with Crippen LogP contribution >= 0.6 is 11.3 Å². The zero-order chi connectivity index (χ0) is 24.3. The molecule has 0 amide bonds. The van der Waals surface area contributed by atoms with E-state index in [-0.39, 0.29) is 33.3 Å². The molecule has 0 spiro atoms. The van der Waals surface area contributed by atoms with Gasteiger partial charge in [-0.1, -0.05) is 0 Å². The third-order valence-corrected chi connectivity index (χ3v) is 6.41. The maximum atomic E-state index is 13.3. The number of thiazole rings is 1. The topological polar surface area (TPSA) is 118 Å². The molecule has 0 radical (unpaired) electrons. The second-order valence-corrected chi connectivity index (χ2v) is 9.09. The summed E-state index contributed by atoms with van der Waals surface area (Å²) in [6, 6.07) is 9.73. The molecular formula is C21H12F3N5O3S2. The molecule has 2 heterocycles. The first-order valence-corrected chi connectivity index (χ1v) is 11.7. The van der Waals surface area contributed by atoms with E-state index in [2.05, 4.69) is 19.9 Å². The number of alkyl halides is 3. The first kappa shape index (κ1) is 23.1. The number of anilines is 1. The fourth-order valence-electron chi connectivity index (χ4n) is 2.90. The molecule has 0 aliphatic heterocycles. The number of rotatable bonds is 6. The van der Waals surface area contributed by atoms with Crippen molar-refractivity contribution in [2.24, 2.45) is 0 Å². The predicted octanol–water partition coefficient (Wildman–Crippen LogP) is 5.08. The monoisotopic (exact) mass is 503 g/mol. The Morgan fingerprint density at radius 1 is 1.06 bits per heavy atom. The maximum Gasteiger partial charge on any atom is 0.416 e. The average Bonchev–Trinajstić information content (AvgIpc) is 3.31. The van der Waals surface area contributed by atoms with Gasteiger partial charge in [-0.05, 0) is 42.5 Å². The fourth-order valence-corrected chi connectivity index (χ4v) is 4.49. The third kappa shape index (κ3) is 4.98. The largest absolute Gasteiger partial charge is 0.455 e. The van der Waals surface area contributed by atoms with Gasteiger partial charge in [0, 0.05) is 16.5 Å². The number of nitriles is 1. The minimum atomic E-state index is -4.59. The molecule has 0 saturated carbocycles. The summed E-state index contributed by atoms with van der Waals surface area (Å²) in [6.45, 7) is 0. The van der Waals surface area contributed by atoms with Gasteiger partial charge in [0.2, 0.25) is 0 Å². The SMILES string of the molecule is N#Cc1cc(S(=O)(=O)Nc2cscn2)ccc1Oc1ccc(C(F)(F)F)cc1-c1ccnnc1. The van der Waals surface area contributed by atoms with Gasteiger partial charge < -0.3 is 4.74 Å². The van der Waals surface area contributed by atoms with Crippen LogP contribution in [0.4, 0.5) is 19.0 Å². The normalized spacial score (nSPS) is 11.6. The van der Waals surface area contributed by atoms with Crippen molar-refractivity contribution in [1.29, 1.82) is 5.26 Å². The van der Waals surface area contributed by atoms with E-state index in [4.69, 9.17) is 4.74 Å². The van der Waals surface area contributed by atoms with E-state index in [9.17, 15) is 26.9 Å². The number of sulfonamides is 1. The van der Waals surface area contributed by atoms with E-state index in [0.29, 0.717) is 5.56 Å². The highest BCUT2D eigenvalue weighted by atomic mass is 32.2. The summed E-state index contributed by atoms with van der Waals surface area (Å²) in [4.78, 5) is 3.64. The number of halogens is 3. The second kappa shape index (κ2) is 9.08. The molecule has 4 aromatic rings. The van der Waals surface area contributed by atoms with E-state index < -0.39 is 21.8 Å². The minimum Gasteiger partial charge on any atom is -0.455 e. The Kier molecular flexibility index (Phi) is 6.18. The van der Waals surface area contributed by atoms with Crippen molar-refractivity contribution in [1.82, 2.24) is 15.2 Å².